The van der Waals surface area contributed by atoms with E-state index >= 15 is 0 Å². The van der Waals surface area contributed by atoms with Crippen molar-refractivity contribution in [1.29, 1.82) is 0 Å². The Labute approximate surface area is 322 Å². The Kier molecular flexibility index (Phi) is 9.46. The van der Waals surface area contributed by atoms with Gasteiger partial charge in [-0.3, -0.25) is 28.9 Å². The Balaban J connectivity index is 0.804. The van der Waals surface area contributed by atoms with Crippen molar-refractivity contribution in [2.24, 2.45) is 13.0 Å². The molecule has 4 aromatic carbocycles. The number of phenols is 1. The lowest BCUT2D eigenvalue weighted by atomic mass is 9.69. The minimum absolute atomic E-state index is 0.233. The van der Waals surface area contributed by atoms with Crippen molar-refractivity contribution in [2.75, 3.05) is 55.6 Å². The standard InChI is InChI=1S/C45H50N6O4/c1-47-41-28-35(12-16-39(41)51(45(47)55)40-17-18-42(53)46-44(40)54)49-21-19-30(20-22-49)29-48-23-25-50(26-24-48)34-10-7-32(8-11-34)43-37(31-5-3-2-4-6-31)14-9-33-27-36(52)13-15-38(33)43/h2-8,10-13,15-16,27-28,30,37,40,43,52H,9,14,17-26,29H2,1H3,(H,46,53,54)/t37-,40?,43+/m1/s1. The normalized spacial score (nSPS) is 22.5. The molecule has 10 heteroatoms. The number of anilines is 2. The number of piperazine rings is 1. The molecule has 9 rings (SSSR count). The highest BCUT2D eigenvalue weighted by Gasteiger charge is 2.34. The first-order valence-corrected chi connectivity index (χ1v) is 20.0. The number of hydrogen-bond donors (Lipinski definition) is 2. The van der Waals surface area contributed by atoms with E-state index in [0.717, 1.165) is 88.2 Å². The molecule has 2 N–H and O–H groups in total. The number of phenolic OH excluding ortho intramolecular Hbond substituents is 1. The molecule has 0 radical (unpaired) electrons. The zero-order valence-corrected chi connectivity index (χ0v) is 31.6. The molecule has 1 aliphatic carbocycles. The number of rotatable bonds is 7. The molecule has 5 aromatic rings. The molecule has 3 atom stereocenters. The minimum Gasteiger partial charge on any atom is -0.508 e. The maximum Gasteiger partial charge on any atom is 0.329 e. The van der Waals surface area contributed by atoms with Crippen LogP contribution in [-0.4, -0.2) is 76.8 Å². The third-order valence-electron chi connectivity index (χ3n) is 12.9. The molecule has 0 spiro atoms. The van der Waals surface area contributed by atoms with Crippen LogP contribution in [0.5, 0.6) is 5.75 Å². The van der Waals surface area contributed by atoms with E-state index in [-0.39, 0.29) is 23.9 Å². The van der Waals surface area contributed by atoms with Crippen LogP contribution in [0, 0.1) is 5.92 Å². The second kappa shape index (κ2) is 14.7. The van der Waals surface area contributed by atoms with Gasteiger partial charge in [0, 0.05) is 76.6 Å². The molecular weight excluding hydrogens is 689 g/mol. The van der Waals surface area contributed by atoms with E-state index < -0.39 is 11.9 Å². The van der Waals surface area contributed by atoms with Crippen LogP contribution < -0.4 is 20.8 Å². The number of piperidine rings is 2. The monoisotopic (exact) mass is 738 g/mol. The van der Waals surface area contributed by atoms with Crippen LogP contribution in [0.4, 0.5) is 11.4 Å². The van der Waals surface area contributed by atoms with E-state index in [9.17, 15) is 19.5 Å². The van der Waals surface area contributed by atoms with Gasteiger partial charge in [0.2, 0.25) is 11.8 Å². The number of imide groups is 1. The minimum atomic E-state index is -0.672. The molecule has 3 saturated heterocycles. The van der Waals surface area contributed by atoms with Crippen LogP contribution in [-0.2, 0) is 23.1 Å². The summed E-state index contributed by atoms with van der Waals surface area (Å²) in [6.45, 7) is 7.24. The van der Waals surface area contributed by atoms with Gasteiger partial charge in [-0.25, -0.2) is 4.79 Å². The van der Waals surface area contributed by atoms with Crippen molar-refractivity contribution in [1.82, 2.24) is 19.4 Å². The van der Waals surface area contributed by atoms with Crippen LogP contribution in [0.25, 0.3) is 11.0 Å². The van der Waals surface area contributed by atoms with E-state index in [0.29, 0.717) is 24.0 Å². The highest BCUT2D eigenvalue weighted by molar-refractivity contribution is 6.00. The Bertz CT molecular complexity index is 2260. The zero-order chi connectivity index (χ0) is 37.6. The average Bonchev–Trinajstić information content (AvgIpc) is 3.46. The first-order chi connectivity index (χ1) is 26.8. The lowest BCUT2D eigenvalue weighted by Gasteiger charge is -2.40. The summed E-state index contributed by atoms with van der Waals surface area (Å²) in [5, 5.41) is 12.6. The number of imidazole rings is 1. The number of nitrogens with zero attached hydrogens (tertiary/aromatic N) is 5. The predicted octanol–water partition coefficient (Wildman–Crippen LogP) is 5.92. The van der Waals surface area contributed by atoms with Gasteiger partial charge < -0.3 is 14.9 Å². The van der Waals surface area contributed by atoms with Crippen molar-refractivity contribution in [2.45, 2.75) is 56.4 Å². The number of benzene rings is 4. The molecular formula is C45H50N6O4. The third-order valence-corrected chi connectivity index (χ3v) is 12.9. The number of amides is 2. The summed E-state index contributed by atoms with van der Waals surface area (Å²) in [6, 6.07) is 31.6. The van der Waals surface area contributed by atoms with Crippen molar-refractivity contribution in [3.05, 3.63) is 124 Å². The van der Waals surface area contributed by atoms with Gasteiger partial charge in [-0.1, -0.05) is 48.5 Å². The molecule has 4 heterocycles. The number of carbonyl (C=O) groups is 2. The van der Waals surface area contributed by atoms with Crippen LogP contribution in [0.3, 0.4) is 0 Å². The fourth-order valence-electron chi connectivity index (χ4n) is 9.88. The van der Waals surface area contributed by atoms with Crippen molar-refractivity contribution < 1.29 is 14.7 Å². The Morgan fingerprint density at radius 3 is 2.16 bits per heavy atom. The molecule has 1 unspecified atom stereocenters. The van der Waals surface area contributed by atoms with Gasteiger partial charge in [0.25, 0.3) is 0 Å². The number of hydrogen-bond acceptors (Lipinski definition) is 7. The molecule has 0 saturated carbocycles. The summed E-state index contributed by atoms with van der Waals surface area (Å²) < 4.78 is 3.17. The highest BCUT2D eigenvalue weighted by Crippen LogP contribution is 2.47. The summed E-state index contributed by atoms with van der Waals surface area (Å²) in [7, 11) is 1.75. The van der Waals surface area contributed by atoms with E-state index in [1.807, 2.05) is 18.2 Å². The first-order valence-electron chi connectivity index (χ1n) is 20.0. The smallest absolute Gasteiger partial charge is 0.329 e. The molecule has 2 amide bonds. The predicted molar refractivity (Wildman–Crippen MR) is 216 cm³/mol. The fraction of sp³-hybridized carbons (Fsp3) is 0.400. The molecule has 55 heavy (non-hydrogen) atoms. The average molecular weight is 739 g/mol. The molecule has 3 fully saturated rings. The van der Waals surface area contributed by atoms with Gasteiger partial charge in [-0.2, -0.15) is 0 Å². The molecule has 284 valence electrons. The topological polar surface area (TPSA) is 103 Å². The number of aromatic hydroxyl groups is 1. The fourth-order valence-corrected chi connectivity index (χ4v) is 9.88. The molecule has 1 aromatic heterocycles. The molecule has 4 aliphatic rings. The third kappa shape index (κ3) is 6.81. The van der Waals surface area contributed by atoms with Crippen LogP contribution in [0.2, 0.25) is 0 Å². The lowest BCUT2D eigenvalue weighted by Crippen LogP contribution is -2.49. The Hall–Kier alpha value is -5.35. The van der Waals surface area contributed by atoms with Crippen LogP contribution in [0.15, 0.2) is 95.8 Å². The van der Waals surface area contributed by atoms with Gasteiger partial charge in [-0.15, -0.1) is 0 Å². The summed E-state index contributed by atoms with van der Waals surface area (Å²) in [5.74, 6) is 0.968. The quantitative estimate of drug-likeness (QED) is 0.200. The first kappa shape index (κ1) is 35.4. The van der Waals surface area contributed by atoms with Gasteiger partial charge in [0.1, 0.15) is 11.8 Å². The number of nitrogens with one attached hydrogen (secondary N) is 1. The van der Waals surface area contributed by atoms with Crippen LogP contribution >= 0.6 is 0 Å². The van der Waals surface area contributed by atoms with Gasteiger partial charge >= 0.3 is 5.69 Å². The zero-order valence-electron chi connectivity index (χ0n) is 31.6. The SMILES string of the molecule is Cn1c(=O)n(C2CCC(=O)NC2=O)c2ccc(N3CCC(CN4CCN(c5ccc([C@@H]6c7ccc(O)cc7CC[C@@H]6c6ccccc6)cc5)CC4)CC3)cc21. The summed E-state index contributed by atoms with van der Waals surface area (Å²) >= 11 is 0. The lowest BCUT2D eigenvalue weighted by molar-refractivity contribution is -0.135. The maximum atomic E-state index is 13.2. The molecule has 3 aliphatic heterocycles. The van der Waals surface area contributed by atoms with E-state index in [4.69, 9.17) is 0 Å². The number of carbonyl (C=O) groups excluding carboxylic acids is 2. The van der Waals surface area contributed by atoms with Crippen molar-refractivity contribution in [3.63, 3.8) is 0 Å². The largest absolute Gasteiger partial charge is 0.508 e. The maximum absolute atomic E-state index is 13.2. The summed E-state index contributed by atoms with van der Waals surface area (Å²) in [5.41, 5.74) is 9.00. The summed E-state index contributed by atoms with van der Waals surface area (Å²) in [4.78, 5) is 45.2. The Morgan fingerprint density at radius 2 is 1.42 bits per heavy atom. The van der Waals surface area contributed by atoms with Gasteiger partial charge in [0.05, 0.1) is 11.0 Å². The van der Waals surface area contributed by atoms with Gasteiger partial charge in [-0.05, 0) is 109 Å². The van der Waals surface area contributed by atoms with Crippen LogP contribution in [0.1, 0.15) is 72.2 Å². The number of fused-ring (bicyclic) bond motifs is 2. The second-order valence-corrected chi connectivity index (χ2v) is 16.1. The van der Waals surface area contributed by atoms with E-state index in [2.05, 4.69) is 92.8 Å². The number of aromatic nitrogens is 2. The number of aryl methyl sites for hydroxylation is 2. The van der Waals surface area contributed by atoms with Gasteiger partial charge in [0.15, 0.2) is 0 Å². The Morgan fingerprint density at radius 1 is 0.691 bits per heavy atom. The van der Waals surface area contributed by atoms with Crippen molar-refractivity contribution in [3.8, 4) is 5.75 Å². The van der Waals surface area contributed by atoms with E-state index in [1.54, 1.807) is 16.2 Å². The molecule has 10 nitrogen and oxygen atoms in total. The molecule has 0 bridgehead atoms. The van der Waals surface area contributed by atoms with Crippen molar-refractivity contribution >= 4 is 34.2 Å². The highest BCUT2D eigenvalue weighted by atomic mass is 16.3. The second-order valence-electron chi connectivity index (χ2n) is 16.1. The van der Waals surface area contributed by atoms with E-state index in [1.165, 1.54) is 27.9 Å². The summed E-state index contributed by atoms with van der Waals surface area (Å²) in [6.07, 6.45) is 4.87.